The Hall–Kier alpha value is -1.82. The minimum Gasteiger partial charge on any atom is -0.496 e. The fourth-order valence-electron chi connectivity index (χ4n) is 5.76. The van der Waals surface area contributed by atoms with Gasteiger partial charge in [0.1, 0.15) is 5.75 Å². The summed E-state index contributed by atoms with van der Waals surface area (Å²) in [4.78, 5) is 12.9. The molecule has 0 radical (unpaired) electrons. The molecular formula is C21H27NO4S. The maximum Gasteiger partial charge on any atom is 0.260 e. The Bertz CT molecular complexity index is 934. The lowest BCUT2D eigenvalue weighted by Gasteiger charge is -2.36. The average molecular weight is 390 g/mol. The van der Waals surface area contributed by atoms with Crippen LogP contribution in [0.25, 0.3) is 6.08 Å². The van der Waals surface area contributed by atoms with Crippen molar-refractivity contribution in [2.24, 2.45) is 16.7 Å². The Morgan fingerprint density at radius 1 is 1.33 bits per heavy atom. The number of carbonyl (C=O) groups excluding carboxylic acids is 1. The number of ether oxygens (including phenoxy) is 1. The molecule has 1 aliphatic heterocycles. The summed E-state index contributed by atoms with van der Waals surface area (Å²) in [6, 6.07) is 5.46. The number of aryl methyl sites for hydroxylation is 1. The second-order valence-electron chi connectivity index (χ2n) is 8.82. The van der Waals surface area contributed by atoms with Crippen LogP contribution in [0.1, 0.15) is 44.2 Å². The van der Waals surface area contributed by atoms with Crippen molar-refractivity contribution in [2.75, 3.05) is 12.9 Å². The molecule has 2 bridgehead atoms. The van der Waals surface area contributed by atoms with Crippen LogP contribution in [0, 0.1) is 23.7 Å². The van der Waals surface area contributed by atoms with E-state index in [-0.39, 0.29) is 22.6 Å². The monoisotopic (exact) mass is 389 g/mol. The van der Waals surface area contributed by atoms with Crippen LogP contribution in [-0.4, -0.2) is 37.5 Å². The molecule has 1 amide bonds. The van der Waals surface area contributed by atoms with Crippen molar-refractivity contribution < 1.29 is 17.9 Å². The number of carbonyl (C=O) groups is 1. The van der Waals surface area contributed by atoms with Crippen molar-refractivity contribution >= 4 is 22.0 Å². The van der Waals surface area contributed by atoms with E-state index in [9.17, 15) is 13.2 Å². The summed E-state index contributed by atoms with van der Waals surface area (Å²) in [5, 5.41) is 0. The highest BCUT2D eigenvalue weighted by atomic mass is 32.2. The van der Waals surface area contributed by atoms with Gasteiger partial charge in [0.05, 0.1) is 18.9 Å². The second-order valence-corrected chi connectivity index (χ2v) is 10.7. The number of hydrogen-bond acceptors (Lipinski definition) is 4. The average Bonchev–Trinajstić information content (AvgIpc) is 3.08. The summed E-state index contributed by atoms with van der Waals surface area (Å²) in [5.74, 6) is 0.914. The van der Waals surface area contributed by atoms with E-state index >= 15 is 0 Å². The van der Waals surface area contributed by atoms with E-state index in [1.807, 2.05) is 25.1 Å². The Morgan fingerprint density at radius 2 is 2.07 bits per heavy atom. The van der Waals surface area contributed by atoms with Crippen molar-refractivity contribution in [1.29, 1.82) is 0 Å². The fourth-order valence-corrected chi connectivity index (χ4v) is 8.27. The fraction of sp³-hybridized carbons (Fsp3) is 0.571. The highest BCUT2D eigenvalue weighted by Crippen LogP contribution is 2.69. The van der Waals surface area contributed by atoms with Crippen LogP contribution in [0.2, 0.25) is 0 Å². The van der Waals surface area contributed by atoms with Crippen molar-refractivity contribution in [3.8, 4) is 5.75 Å². The Morgan fingerprint density at radius 3 is 2.74 bits per heavy atom. The number of rotatable bonds is 3. The number of fused-ring (bicyclic) bond motifs is 1. The molecule has 6 heteroatoms. The van der Waals surface area contributed by atoms with Crippen LogP contribution in [0.4, 0.5) is 0 Å². The minimum absolute atomic E-state index is 0.0339. The molecule has 0 unspecified atom stereocenters. The Labute approximate surface area is 161 Å². The lowest BCUT2D eigenvalue weighted by atomic mass is 9.69. The third-order valence-electron chi connectivity index (χ3n) is 7.48. The zero-order chi connectivity index (χ0) is 19.6. The summed E-state index contributed by atoms with van der Waals surface area (Å²) in [7, 11) is -1.97. The zero-order valence-corrected chi connectivity index (χ0v) is 17.2. The molecular weight excluding hydrogens is 362 g/mol. The number of methoxy groups -OCH3 is 1. The smallest absolute Gasteiger partial charge is 0.260 e. The molecule has 1 aromatic carbocycles. The van der Waals surface area contributed by atoms with Gasteiger partial charge in [-0.05, 0) is 60.8 Å². The number of benzene rings is 1. The quantitative estimate of drug-likeness (QED) is 0.744. The molecule has 0 aromatic heterocycles. The van der Waals surface area contributed by atoms with Gasteiger partial charge in [0, 0.05) is 11.5 Å². The van der Waals surface area contributed by atoms with Gasteiger partial charge in [0.2, 0.25) is 10.0 Å². The highest BCUT2D eigenvalue weighted by Gasteiger charge is 2.72. The van der Waals surface area contributed by atoms with Gasteiger partial charge < -0.3 is 4.74 Å². The normalized spacial score (nSPS) is 32.8. The molecule has 3 atom stereocenters. The van der Waals surface area contributed by atoms with Gasteiger partial charge in [-0.2, -0.15) is 0 Å². The van der Waals surface area contributed by atoms with Gasteiger partial charge in [-0.1, -0.05) is 26.0 Å². The van der Waals surface area contributed by atoms with Crippen LogP contribution in [0.15, 0.2) is 24.3 Å². The number of sulfonamides is 1. The highest BCUT2D eigenvalue weighted by molar-refractivity contribution is 7.90. The van der Waals surface area contributed by atoms with Gasteiger partial charge >= 0.3 is 0 Å². The molecule has 4 rings (SSSR count). The molecule has 1 spiro atoms. The summed E-state index contributed by atoms with van der Waals surface area (Å²) < 4.78 is 32.3. The van der Waals surface area contributed by atoms with Gasteiger partial charge in [0.15, 0.2) is 0 Å². The first-order chi connectivity index (χ1) is 12.6. The topological polar surface area (TPSA) is 63.7 Å². The third kappa shape index (κ3) is 2.49. The van der Waals surface area contributed by atoms with E-state index in [4.69, 9.17) is 4.74 Å². The largest absolute Gasteiger partial charge is 0.496 e. The standard InChI is InChI=1S/C21H27NO4S/c1-14-5-6-15(11-17(14)26-4)7-8-19(23)22-18-12-16-9-10-21(18,20(16,2)3)13-27(22,24)25/h5-8,11,16,18H,9-10,12-13H2,1-4H3/t16-,18-,21+/m0/s1. The van der Waals surface area contributed by atoms with E-state index in [1.54, 1.807) is 13.2 Å². The van der Waals surface area contributed by atoms with Crippen LogP contribution in [-0.2, 0) is 14.8 Å². The van der Waals surface area contributed by atoms with Crippen LogP contribution in [0.5, 0.6) is 5.75 Å². The Balaban J connectivity index is 1.63. The Kier molecular flexibility index (Phi) is 4.01. The lowest BCUT2D eigenvalue weighted by Crippen LogP contribution is -2.43. The minimum atomic E-state index is -3.58. The van der Waals surface area contributed by atoms with Crippen molar-refractivity contribution in [1.82, 2.24) is 4.31 Å². The predicted octanol–water partition coefficient (Wildman–Crippen LogP) is 3.38. The lowest BCUT2D eigenvalue weighted by molar-refractivity contribution is -0.123. The van der Waals surface area contributed by atoms with Crippen molar-refractivity contribution in [2.45, 2.75) is 46.1 Å². The molecule has 0 N–H and O–H groups in total. The first-order valence-electron chi connectivity index (χ1n) is 9.51. The first kappa shape index (κ1) is 18.5. The van der Waals surface area contributed by atoms with Gasteiger partial charge in [0.25, 0.3) is 5.91 Å². The van der Waals surface area contributed by atoms with E-state index in [2.05, 4.69) is 13.8 Å². The zero-order valence-electron chi connectivity index (χ0n) is 16.4. The first-order valence-corrected chi connectivity index (χ1v) is 11.1. The van der Waals surface area contributed by atoms with E-state index in [1.165, 1.54) is 10.4 Å². The second kappa shape index (κ2) is 5.84. The van der Waals surface area contributed by atoms with Crippen molar-refractivity contribution in [3.05, 3.63) is 35.4 Å². The van der Waals surface area contributed by atoms with E-state index < -0.39 is 15.9 Å². The maximum absolute atomic E-state index is 12.9. The van der Waals surface area contributed by atoms with Crippen molar-refractivity contribution in [3.63, 3.8) is 0 Å². The maximum atomic E-state index is 12.9. The van der Waals surface area contributed by atoms with Crippen LogP contribution < -0.4 is 4.74 Å². The predicted molar refractivity (Wildman–Crippen MR) is 105 cm³/mol. The number of hydrogen-bond donors (Lipinski definition) is 0. The molecule has 1 aromatic rings. The molecule has 3 aliphatic rings. The number of nitrogens with zero attached hydrogens (tertiary/aromatic N) is 1. The van der Waals surface area contributed by atoms with E-state index in [0.29, 0.717) is 5.92 Å². The summed E-state index contributed by atoms with van der Waals surface area (Å²) >= 11 is 0. The number of amides is 1. The molecule has 3 fully saturated rings. The van der Waals surface area contributed by atoms with Crippen LogP contribution in [0.3, 0.4) is 0 Å². The molecule has 146 valence electrons. The van der Waals surface area contributed by atoms with E-state index in [0.717, 1.165) is 36.1 Å². The summed E-state index contributed by atoms with van der Waals surface area (Å²) in [5.41, 5.74) is 1.50. The van der Waals surface area contributed by atoms with Gasteiger partial charge in [-0.25, -0.2) is 12.7 Å². The summed E-state index contributed by atoms with van der Waals surface area (Å²) in [6.07, 6.45) is 5.82. The SMILES string of the molecule is COc1cc(C=CC(=O)N2[C@H]3C[C@@H]4CC[C@]3(CS2(=O)=O)C4(C)C)ccc1C. The van der Waals surface area contributed by atoms with Gasteiger partial charge in [-0.3, -0.25) is 4.79 Å². The molecule has 1 saturated heterocycles. The van der Waals surface area contributed by atoms with Crippen LogP contribution >= 0.6 is 0 Å². The molecule has 2 aliphatic carbocycles. The molecule has 27 heavy (non-hydrogen) atoms. The van der Waals surface area contributed by atoms with Gasteiger partial charge in [-0.15, -0.1) is 0 Å². The molecule has 1 heterocycles. The molecule has 5 nitrogen and oxygen atoms in total. The summed E-state index contributed by atoms with van der Waals surface area (Å²) in [6.45, 7) is 6.32. The molecule has 2 saturated carbocycles. The third-order valence-corrected chi connectivity index (χ3v) is 9.39.